The van der Waals surface area contributed by atoms with Crippen LogP contribution in [0.25, 0.3) is 0 Å². The topological polar surface area (TPSA) is 17.1 Å². The molecule has 0 rings (SSSR count). The molecule has 0 aliphatic carbocycles. The van der Waals surface area contributed by atoms with Gasteiger partial charge in [0.15, 0.2) is 5.78 Å². The molecule has 0 N–H and O–H groups in total. The Labute approximate surface area is 61.8 Å². The highest BCUT2D eigenvalue weighted by molar-refractivity contribution is 5.87. The first kappa shape index (κ1) is 8.89. The molecule has 0 fully saturated rings. The highest BCUT2D eigenvalue weighted by Crippen LogP contribution is 1.92. The highest BCUT2D eigenvalue weighted by Gasteiger charge is 1.78. The Morgan fingerprint density at radius 3 is 2.40 bits per heavy atom. The first-order valence-corrected chi connectivity index (χ1v) is 3.15. The Morgan fingerprint density at radius 2 is 2.00 bits per heavy atom. The van der Waals surface area contributed by atoms with Gasteiger partial charge in [-0.15, -0.1) is 0 Å². The summed E-state index contributed by atoms with van der Waals surface area (Å²) in [6.45, 7) is 7.02. The van der Waals surface area contributed by atoms with E-state index >= 15 is 0 Å². The minimum absolute atomic E-state index is 0.0631. The molecular formula is C9H12O. The molecule has 0 heterocycles. The third-order valence-electron chi connectivity index (χ3n) is 1.01. The summed E-state index contributed by atoms with van der Waals surface area (Å²) in [6, 6.07) is 0. The highest BCUT2D eigenvalue weighted by atomic mass is 16.1. The molecular weight excluding hydrogens is 124 g/mol. The van der Waals surface area contributed by atoms with Gasteiger partial charge in [-0.25, -0.2) is 0 Å². The van der Waals surface area contributed by atoms with Gasteiger partial charge in [-0.3, -0.25) is 4.79 Å². The lowest BCUT2D eigenvalue weighted by Crippen LogP contribution is -1.77. The lowest BCUT2D eigenvalue weighted by Gasteiger charge is -1.82. The number of carbonyl (C=O) groups excluding carboxylic acids is 1. The molecule has 0 aliphatic rings. The van der Waals surface area contributed by atoms with Gasteiger partial charge in [-0.05, 0) is 19.9 Å². The van der Waals surface area contributed by atoms with Gasteiger partial charge in [0.05, 0.1) is 0 Å². The van der Waals surface area contributed by atoms with Gasteiger partial charge in [-0.2, -0.15) is 0 Å². The molecule has 1 heteroatoms. The molecule has 0 aromatic rings. The van der Waals surface area contributed by atoms with E-state index in [1.54, 1.807) is 12.2 Å². The molecule has 0 amide bonds. The predicted octanol–water partition coefficient (Wildman–Crippen LogP) is 2.26. The maximum atomic E-state index is 10.4. The Bertz CT molecular complexity index is 185. The number of hydrogen-bond acceptors (Lipinski definition) is 1. The molecule has 0 aliphatic heterocycles. The summed E-state index contributed by atoms with van der Waals surface area (Å²) in [6.07, 6.45) is 6.82. The number of rotatable bonds is 3. The molecule has 0 unspecified atom stereocenters. The predicted molar refractivity (Wildman–Crippen MR) is 43.8 cm³/mol. The normalized spacial score (nSPS) is 12.0. The molecule has 0 saturated carbocycles. The van der Waals surface area contributed by atoms with Crippen molar-refractivity contribution in [3.05, 3.63) is 36.5 Å². The fourth-order valence-electron chi connectivity index (χ4n) is 0.403. The standard InChI is InChI=1S/C9H12O/c1-4-8(2)6-5-7-9(3)10/h4-7H,1H2,2-3H3/b7-5+,8-6-. The molecule has 0 aromatic heterocycles. The minimum atomic E-state index is 0.0631. The van der Waals surface area contributed by atoms with E-state index in [0.29, 0.717) is 0 Å². The Hall–Kier alpha value is -1.11. The van der Waals surface area contributed by atoms with Gasteiger partial charge in [-0.1, -0.05) is 30.4 Å². The second-order valence-corrected chi connectivity index (χ2v) is 2.08. The van der Waals surface area contributed by atoms with E-state index < -0.39 is 0 Å². The SMILES string of the molecule is C=C/C(C)=C\C=C\C(C)=O. The van der Waals surface area contributed by atoms with Gasteiger partial charge in [0.25, 0.3) is 0 Å². The summed E-state index contributed by atoms with van der Waals surface area (Å²) < 4.78 is 0. The fraction of sp³-hybridized carbons (Fsp3) is 0.222. The number of ketones is 1. The van der Waals surface area contributed by atoms with Crippen molar-refractivity contribution in [3.8, 4) is 0 Å². The van der Waals surface area contributed by atoms with Crippen molar-refractivity contribution in [2.75, 3.05) is 0 Å². The smallest absolute Gasteiger partial charge is 0.152 e. The number of carbonyl (C=O) groups is 1. The van der Waals surface area contributed by atoms with Gasteiger partial charge in [0.2, 0.25) is 0 Å². The monoisotopic (exact) mass is 136 g/mol. The van der Waals surface area contributed by atoms with Gasteiger partial charge < -0.3 is 0 Å². The van der Waals surface area contributed by atoms with Gasteiger partial charge >= 0.3 is 0 Å². The molecule has 0 spiro atoms. The summed E-state index contributed by atoms with van der Waals surface area (Å²) >= 11 is 0. The quantitative estimate of drug-likeness (QED) is 0.429. The van der Waals surface area contributed by atoms with Crippen molar-refractivity contribution >= 4 is 5.78 Å². The van der Waals surface area contributed by atoms with Crippen molar-refractivity contribution in [1.29, 1.82) is 0 Å². The second-order valence-electron chi connectivity index (χ2n) is 2.08. The van der Waals surface area contributed by atoms with E-state index in [0.717, 1.165) is 5.57 Å². The number of hydrogen-bond donors (Lipinski definition) is 0. The Kier molecular flexibility index (Phi) is 4.21. The van der Waals surface area contributed by atoms with Crippen LogP contribution in [0.2, 0.25) is 0 Å². The van der Waals surface area contributed by atoms with Crippen molar-refractivity contribution < 1.29 is 4.79 Å². The first-order chi connectivity index (χ1) is 4.66. The molecule has 0 aromatic carbocycles. The van der Waals surface area contributed by atoms with Gasteiger partial charge in [0.1, 0.15) is 0 Å². The molecule has 0 saturated heterocycles. The van der Waals surface area contributed by atoms with Crippen molar-refractivity contribution in [3.63, 3.8) is 0 Å². The number of allylic oxidation sites excluding steroid dienone is 5. The summed E-state index contributed by atoms with van der Waals surface area (Å²) in [4.78, 5) is 10.4. The van der Waals surface area contributed by atoms with Crippen LogP contribution in [0.1, 0.15) is 13.8 Å². The van der Waals surface area contributed by atoms with Crippen LogP contribution in [0.4, 0.5) is 0 Å². The van der Waals surface area contributed by atoms with Crippen LogP contribution in [0.5, 0.6) is 0 Å². The Morgan fingerprint density at radius 1 is 1.40 bits per heavy atom. The molecule has 10 heavy (non-hydrogen) atoms. The Balaban J connectivity index is 3.93. The van der Waals surface area contributed by atoms with Crippen molar-refractivity contribution in [2.24, 2.45) is 0 Å². The zero-order valence-electron chi connectivity index (χ0n) is 6.42. The fourth-order valence-corrected chi connectivity index (χ4v) is 0.403. The van der Waals surface area contributed by atoms with Crippen LogP contribution in [0, 0.1) is 0 Å². The second kappa shape index (κ2) is 4.74. The van der Waals surface area contributed by atoms with E-state index in [9.17, 15) is 4.79 Å². The van der Waals surface area contributed by atoms with E-state index in [1.165, 1.54) is 13.0 Å². The zero-order chi connectivity index (χ0) is 7.98. The lowest BCUT2D eigenvalue weighted by molar-refractivity contribution is -0.112. The zero-order valence-corrected chi connectivity index (χ0v) is 6.42. The third-order valence-corrected chi connectivity index (χ3v) is 1.01. The van der Waals surface area contributed by atoms with E-state index in [4.69, 9.17) is 0 Å². The van der Waals surface area contributed by atoms with E-state index in [1.807, 2.05) is 13.0 Å². The average molecular weight is 136 g/mol. The van der Waals surface area contributed by atoms with Crippen molar-refractivity contribution in [1.82, 2.24) is 0 Å². The minimum Gasteiger partial charge on any atom is -0.295 e. The van der Waals surface area contributed by atoms with E-state index in [2.05, 4.69) is 6.58 Å². The van der Waals surface area contributed by atoms with Gasteiger partial charge in [0, 0.05) is 0 Å². The maximum absolute atomic E-state index is 10.4. The molecule has 1 nitrogen and oxygen atoms in total. The van der Waals surface area contributed by atoms with E-state index in [-0.39, 0.29) is 5.78 Å². The first-order valence-electron chi connectivity index (χ1n) is 3.15. The summed E-state index contributed by atoms with van der Waals surface area (Å²) in [5, 5.41) is 0. The molecule has 0 bridgehead atoms. The average Bonchev–Trinajstić information content (AvgIpc) is 1.87. The lowest BCUT2D eigenvalue weighted by atomic mass is 10.2. The van der Waals surface area contributed by atoms with Crippen molar-refractivity contribution in [2.45, 2.75) is 13.8 Å². The molecule has 0 radical (unpaired) electrons. The summed E-state index contributed by atoms with van der Waals surface area (Å²) in [7, 11) is 0. The van der Waals surface area contributed by atoms with Crippen LogP contribution in [-0.2, 0) is 4.79 Å². The van der Waals surface area contributed by atoms with Crippen LogP contribution in [0.15, 0.2) is 36.5 Å². The molecule has 0 atom stereocenters. The van der Waals surface area contributed by atoms with Crippen LogP contribution < -0.4 is 0 Å². The molecule has 54 valence electrons. The van der Waals surface area contributed by atoms with Crippen LogP contribution in [-0.4, -0.2) is 5.78 Å². The summed E-state index contributed by atoms with van der Waals surface area (Å²) in [5.41, 5.74) is 1.05. The largest absolute Gasteiger partial charge is 0.295 e. The van der Waals surface area contributed by atoms with Crippen LogP contribution in [0.3, 0.4) is 0 Å². The maximum Gasteiger partial charge on any atom is 0.152 e. The summed E-state index contributed by atoms with van der Waals surface area (Å²) in [5.74, 6) is 0.0631. The van der Waals surface area contributed by atoms with Crippen LogP contribution >= 0.6 is 0 Å². The third kappa shape index (κ3) is 5.04.